The van der Waals surface area contributed by atoms with Crippen molar-refractivity contribution in [1.29, 1.82) is 0 Å². The van der Waals surface area contributed by atoms with Crippen molar-refractivity contribution in [3.8, 4) is 0 Å². The van der Waals surface area contributed by atoms with Gasteiger partial charge in [-0.1, -0.05) is 37.1 Å². The lowest BCUT2D eigenvalue weighted by Crippen LogP contribution is -2.54. The lowest BCUT2D eigenvalue weighted by Gasteiger charge is -2.34. The smallest absolute Gasteiger partial charge is 0.252 e. The van der Waals surface area contributed by atoms with Crippen molar-refractivity contribution in [2.24, 2.45) is 0 Å². The number of likely N-dealkylation sites (tertiary alicyclic amines) is 1. The Morgan fingerprint density at radius 3 is 2.42 bits per heavy atom. The van der Waals surface area contributed by atoms with Gasteiger partial charge in [0.25, 0.3) is 5.91 Å². The van der Waals surface area contributed by atoms with Crippen LogP contribution < -0.4 is 10.6 Å². The average molecular weight is 360 g/mol. The number of carbonyl (C=O) groups is 1. The van der Waals surface area contributed by atoms with Crippen LogP contribution in [0.4, 0.5) is 0 Å². The van der Waals surface area contributed by atoms with Crippen molar-refractivity contribution in [2.45, 2.75) is 57.2 Å². The Balaban J connectivity index is 1.61. The van der Waals surface area contributed by atoms with Gasteiger partial charge < -0.3 is 15.4 Å². The number of ether oxygens (including phenoxy) is 1. The Kier molecular flexibility index (Phi) is 7.06. The summed E-state index contributed by atoms with van der Waals surface area (Å²) >= 11 is 0. The van der Waals surface area contributed by atoms with E-state index in [1.165, 1.54) is 49.9 Å². The van der Waals surface area contributed by atoms with Gasteiger partial charge in [-0.3, -0.25) is 9.69 Å². The molecule has 3 rings (SSSR count). The Bertz CT molecular complexity index is 576. The summed E-state index contributed by atoms with van der Waals surface area (Å²) in [6.45, 7) is 5.56. The van der Waals surface area contributed by atoms with E-state index >= 15 is 0 Å². The molecule has 144 valence electrons. The minimum atomic E-state index is -0.676. The summed E-state index contributed by atoms with van der Waals surface area (Å²) in [5.74, 6) is 0.0195. The first-order valence-corrected chi connectivity index (χ1v) is 10.1. The van der Waals surface area contributed by atoms with E-state index in [1.54, 1.807) is 7.11 Å². The van der Waals surface area contributed by atoms with E-state index in [-0.39, 0.29) is 5.91 Å². The Morgan fingerprint density at radius 2 is 1.77 bits per heavy atom. The number of nitrogens with one attached hydrogen (secondary N) is 2. The van der Waals surface area contributed by atoms with Crippen molar-refractivity contribution in [3.63, 3.8) is 0 Å². The average Bonchev–Trinajstić information content (AvgIpc) is 2.96. The molecule has 2 aliphatic heterocycles. The molecule has 1 amide bonds. The largest absolute Gasteiger partial charge is 0.368 e. The second kappa shape index (κ2) is 9.49. The van der Waals surface area contributed by atoms with E-state index in [9.17, 15) is 4.79 Å². The Morgan fingerprint density at radius 1 is 1.12 bits per heavy atom. The molecule has 2 heterocycles. The molecule has 2 saturated heterocycles. The van der Waals surface area contributed by atoms with Crippen LogP contribution in [0.2, 0.25) is 0 Å². The minimum Gasteiger partial charge on any atom is -0.368 e. The van der Waals surface area contributed by atoms with Crippen LogP contribution in [0, 0.1) is 0 Å². The molecule has 5 nitrogen and oxygen atoms in total. The van der Waals surface area contributed by atoms with Crippen LogP contribution in [-0.4, -0.2) is 49.7 Å². The van der Waals surface area contributed by atoms with Gasteiger partial charge in [0.05, 0.1) is 0 Å². The Labute approximate surface area is 157 Å². The molecule has 0 unspecified atom stereocenters. The van der Waals surface area contributed by atoms with Crippen LogP contribution >= 0.6 is 0 Å². The van der Waals surface area contributed by atoms with E-state index in [1.807, 2.05) is 0 Å². The van der Waals surface area contributed by atoms with Gasteiger partial charge in [-0.2, -0.15) is 0 Å². The number of benzene rings is 1. The highest BCUT2D eigenvalue weighted by Gasteiger charge is 2.39. The molecule has 0 atom stereocenters. The third kappa shape index (κ3) is 4.84. The molecule has 0 radical (unpaired) electrons. The van der Waals surface area contributed by atoms with E-state index in [4.69, 9.17) is 4.74 Å². The van der Waals surface area contributed by atoms with Crippen molar-refractivity contribution < 1.29 is 9.53 Å². The summed E-state index contributed by atoms with van der Waals surface area (Å²) in [7, 11) is 1.65. The highest BCUT2D eigenvalue weighted by molar-refractivity contribution is 5.85. The summed E-state index contributed by atoms with van der Waals surface area (Å²) < 4.78 is 5.63. The number of amides is 1. The van der Waals surface area contributed by atoms with Crippen LogP contribution in [0.1, 0.15) is 49.7 Å². The lowest BCUT2D eigenvalue weighted by atomic mass is 9.91. The summed E-state index contributed by atoms with van der Waals surface area (Å²) in [6, 6.07) is 8.49. The topological polar surface area (TPSA) is 53.6 Å². The number of rotatable bonds is 6. The first kappa shape index (κ1) is 19.3. The molecule has 0 saturated carbocycles. The van der Waals surface area contributed by atoms with Crippen LogP contribution in [-0.2, 0) is 22.6 Å². The number of hydrogen-bond acceptors (Lipinski definition) is 4. The molecule has 1 aromatic rings. The zero-order chi connectivity index (χ0) is 18.2. The highest BCUT2D eigenvalue weighted by atomic mass is 16.5. The molecule has 2 fully saturated rings. The van der Waals surface area contributed by atoms with Crippen molar-refractivity contribution in [1.82, 2.24) is 15.5 Å². The molecular weight excluding hydrogens is 326 g/mol. The number of hydrogen-bond donors (Lipinski definition) is 2. The second-order valence-corrected chi connectivity index (χ2v) is 7.59. The van der Waals surface area contributed by atoms with Gasteiger partial charge >= 0.3 is 0 Å². The van der Waals surface area contributed by atoms with Crippen LogP contribution in [0.25, 0.3) is 0 Å². The first-order valence-electron chi connectivity index (χ1n) is 10.1. The molecule has 1 aromatic carbocycles. The first-order chi connectivity index (χ1) is 12.7. The highest BCUT2D eigenvalue weighted by Crippen LogP contribution is 2.23. The van der Waals surface area contributed by atoms with Gasteiger partial charge in [-0.15, -0.1) is 0 Å². The van der Waals surface area contributed by atoms with Gasteiger partial charge in [0.1, 0.15) is 5.60 Å². The van der Waals surface area contributed by atoms with Gasteiger partial charge in [-0.05, 0) is 63.0 Å². The van der Waals surface area contributed by atoms with Crippen molar-refractivity contribution in [3.05, 3.63) is 35.4 Å². The van der Waals surface area contributed by atoms with E-state index in [0.29, 0.717) is 6.54 Å². The third-order valence-electron chi connectivity index (χ3n) is 5.87. The van der Waals surface area contributed by atoms with E-state index < -0.39 is 5.60 Å². The quantitative estimate of drug-likeness (QED) is 0.819. The molecule has 26 heavy (non-hydrogen) atoms. The number of carbonyl (C=O) groups excluding carboxylic acids is 1. The monoisotopic (exact) mass is 359 g/mol. The summed E-state index contributed by atoms with van der Waals surface area (Å²) in [5.41, 5.74) is 1.86. The van der Waals surface area contributed by atoms with Gasteiger partial charge in [-0.25, -0.2) is 0 Å². The summed E-state index contributed by atoms with van der Waals surface area (Å²) in [4.78, 5) is 15.3. The van der Waals surface area contributed by atoms with Crippen LogP contribution in [0.3, 0.4) is 0 Å². The second-order valence-electron chi connectivity index (χ2n) is 7.59. The summed E-state index contributed by atoms with van der Waals surface area (Å²) in [6.07, 6.45) is 6.74. The molecule has 5 heteroatoms. The van der Waals surface area contributed by atoms with Crippen molar-refractivity contribution in [2.75, 3.05) is 33.3 Å². The van der Waals surface area contributed by atoms with Gasteiger partial charge in [0, 0.05) is 20.2 Å². The minimum absolute atomic E-state index is 0.0195. The maximum atomic E-state index is 12.8. The normalized spacial score (nSPS) is 21.1. The fraction of sp³-hybridized carbons (Fsp3) is 0.667. The number of methoxy groups -OCH3 is 1. The maximum absolute atomic E-state index is 12.8. The molecule has 0 spiro atoms. The number of piperidine rings is 1. The molecule has 2 aliphatic rings. The van der Waals surface area contributed by atoms with E-state index in [2.05, 4.69) is 39.8 Å². The predicted molar refractivity (Wildman–Crippen MR) is 104 cm³/mol. The fourth-order valence-electron chi connectivity index (χ4n) is 4.11. The predicted octanol–water partition coefficient (Wildman–Crippen LogP) is 2.45. The van der Waals surface area contributed by atoms with Gasteiger partial charge in [0.2, 0.25) is 0 Å². The lowest BCUT2D eigenvalue weighted by molar-refractivity contribution is -0.146. The van der Waals surface area contributed by atoms with Crippen LogP contribution in [0.5, 0.6) is 0 Å². The number of nitrogens with zero attached hydrogens (tertiary/aromatic N) is 1. The standard InChI is InChI=1S/C21H33N3O2/c1-26-21(10-12-22-13-11-21)20(25)23-16-18-8-4-5-9-19(18)17-24-14-6-2-3-7-15-24/h4-5,8-9,22H,2-3,6-7,10-17H2,1H3,(H,23,25). The van der Waals surface area contributed by atoms with E-state index in [0.717, 1.165) is 32.5 Å². The Hall–Kier alpha value is -1.43. The SMILES string of the molecule is COC1(C(=O)NCc2ccccc2CN2CCCCCC2)CCNCC1. The maximum Gasteiger partial charge on any atom is 0.252 e. The van der Waals surface area contributed by atoms with Crippen LogP contribution in [0.15, 0.2) is 24.3 Å². The molecular formula is C21H33N3O2. The van der Waals surface area contributed by atoms with Gasteiger partial charge in [0.15, 0.2) is 0 Å². The molecule has 2 N–H and O–H groups in total. The zero-order valence-corrected chi connectivity index (χ0v) is 16.1. The zero-order valence-electron chi connectivity index (χ0n) is 16.1. The van der Waals surface area contributed by atoms with Crippen molar-refractivity contribution >= 4 is 5.91 Å². The summed E-state index contributed by atoms with van der Waals surface area (Å²) in [5, 5.41) is 6.44. The molecule has 0 bridgehead atoms. The fourth-order valence-corrected chi connectivity index (χ4v) is 4.11. The third-order valence-corrected chi connectivity index (χ3v) is 5.87. The molecule has 0 aliphatic carbocycles. The molecule has 0 aromatic heterocycles.